The van der Waals surface area contributed by atoms with E-state index in [-0.39, 0.29) is 0 Å². The summed E-state index contributed by atoms with van der Waals surface area (Å²) in [5.41, 5.74) is 0.307. The van der Waals surface area contributed by atoms with E-state index >= 15 is 0 Å². The van der Waals surface area contributed by atoms with Gasteiger partial charge in [-0.1, -0.05) is 6.92 Å². The molecule has 1 unspecified atom stereocenters. The maximum atomic E-state index is 12.1. The largest absolute Gasteiger partial charge is 0.443 e. The third kappa shape index (κ3) is 2.57. The van der Waals surface area contributed by atoms with Gasteiger partial charge in [0.1, 0.15) is 0 Å². The number of alkyl halides is 4. The van der Waals surface area contributed by atoms with E-state index in [0.29, 0.717) is 23.5 Å². The summed E-state index contributed by atoms with van der Waals surface area (Å²) < 4.78 is 36.2. The summed E-state index contributed by atoms with van der Waals surface area (Å²) in [7, 11) is 0. The van der Waals surface area contributed by atoms with Gasteiger partial charge in [-0.2, -0.15) is 13.2 Å². The molecule has 0 amide bonds. The van der Waals surface area contributed by atoms with E-state index in [0.717, 1.165) is 0 Å². The maximum absolute atomic E-state index is 12.1. The van der Waals surface area contributed by atoms with Crippen LogP contribution in [-0.2, 0) is 6.18 Å². The maximum Gasteiger partial charge on any atom is 0.443 e. The summed E-state index contributed by atoms with van der Waals surface area (Å²) in [5, 5.41) is 0.0956. The highest BCUT2D eigenvalue weighted by atomic mass is 35.5. The zero-order valence-electron chi connectivity index (χ0n) is 6.73. The zero-order valence-corrected chi connectivity index (χ0v) is 8.30. The van der Waals surface area contributed by atoms with Crippen LogP contribution in [0.25, 0.3) is 0 Å². The van der Waals surface area contributed by atoms with Crippen LogP contribution in [0.3, 0.4) is 0 Å². The molecular formula is C7H7ClF3NS. The van der Waals surface area contributed by atoms with Crippen LogP contribution in [0.4, 0.5) is 13.2 Å². The molecule has 1 heterocycles. The number of halogens is 4. The van der Waals surface area contributed by atoms with Crippen molar-refractivity contribution >= 4 is 22.9 Å². The second kappa shape index (κ2) is 3.84. The van der Waals surface area contributed by atoms with Gasteiger partial charge in [0.2, 0.25) is 0 Å². The lowest BCUT2D eigenvalue weighted by atomic mass is 10.3. The Bertz CT molecular complexity index is 284. The lowest BCUT2D eigenvalue weighted by molar-refractivity contribution is -0.137. The Morgan fingerprint density at radius 1 is 1.62 bits per heavy atom. The molecule has 6 heteroatoms. The monoisotopic (exact) mass is 229 g/mol. The molecule has 1 nitrogen and oxygen atoms in total. The Hall–Kier alpha value is -0.290. The highest BCUT2D eigenvalue weighted by Crippen LogP contribution is 2.34. The minimum Gasteiger partial charge on any atom is -0.236 e. The van der Waals surface area contributed by atoms with Gasteiger partial charge >= 0.3 is 6.18 Å². The van der Waals surface area contributed by atoms with Crippen LogP contribution in [0.2, 0.25) is 0 Å². The second-order valence-corrected chi connectivity index (χ2v) is 3.84. The van der Waals surface area contributed by atoms with E-state index < -0.39 is 16.6 Å². The average molecular weight is 230 g/mol. The van der Waals surface area contributed by atoms with Crippen molar-refractivity contribution < 1.29 is 13.2 Å². The van der Waals surface area contributed by atoms with Crippen molar-refractivity contribution in [2.24, 2.45) is 0 Å². The number of hydrogen-bond acceptors (Lipinski definition) is 2. The molecule has 1 aromatic rings. The molecule has 0 saturated heterocycles. The fraction of sp³-hybridized carbons (Fsp3) is 0.571. The van der Waals surface area contributed by atoms with Crippen molar-refractivity contribution in [3.05, 3.63) is 16.1 Å². The highest BCUT2D eigenvalue weighted by molar-refractivity contribution is 7.09. The first-order valence-electron chi connectivity index (χ1n) is 3.61. The summed E-state index contributed by atoms with van der Waals surface area (Å²) in [6, 6.07) is 0. The fourth-order valence-electron chi connectivity index (χ4n) is 0.769. The molecule has 1 atom stereocenters. The van der Waals surface area contributed by atoms with Gasteiger partial charge in [-0.25, -0.2) is 4.98 Å². The van der Waals surface area contributed by atoms with Gasteiger partial charge in [-0.15, -0.1) is 22.9 Å². The number of aromatic nitrogens is 1. The highest BCUT2D eigenvalue weighted by Gasteiger charge is 2.34. The zero-order chi connectivity index (χ0) is 10.1. The van der Waals surface area contributed by atoms with Gasteiger partial charge in [0.25, 0.3) is 0 Å². The summed E-state index contributed by atoms with van der Waals surface area (Å²) in [6.07, 6.45) is -3.78. The summed E-state index contributed by atoms with van der Waals surface area (Å²) in [6.45, 7) is 1.80. The first-order chi connectivity index (χ1) is 5.95. The first-order valence-corrected chi connectivity index (χ1v) is 4.93. The summed E-state index contributed by atoms with van der Waals surface area (Å²) >= 11 is 6.31. The lowest BCUT2D eigenvalue weighted by Gasteiger charge is -2.01. The average Bonchev–Trinajstić information content (AvgIpc) is 2.50. The molecule has 0 saturated carbocycles. The predicted octanol–water partition coefficient (Wildman–Crippen LogP) is 3.85. The molecule has 0 aliphatic rings. The quantitative estimate of drug-likeness (QED) is 0.702. The Labute approximate surface area is 82.6 Å². The van der Waals surface area contributed by atoms with Crippen LogP contribution in [0.5, 0.6) is 0 Å². The third-order valence-electron chi connectivity index (χ3n) is 1.44. The summed E-state index contributed by atoms with van der Waals surface area (Å²) in [5.74, 6) is 0. The van der Waals surface area contributed by atoms with Crippen LogP contribution in [0.15, 0.2) is 5.38 Å². The molecule has 0 spiro atoms. The normalized spacial score (nSPS) is 14.5. The van der Waals surface area contributed by atoms with E-state index in [1.165, 1.54) is 5.38 Å². The molecule has 0 N–H and O–H groups in total. The van der Waals surface area contributed by atoms with Crippen molar-refractivity contribution in [3.8, 4) is 0 Å². The van der Waals surface area contributed by atoms with Gasteiger partial charge in [0.05, 0.1) is 11.1 Å². The molecule has 1 aromatic heterocycles. The molecular weight excluding hydrogens is 223 g/mol. The predicted molar refractivity (Wildman–Crippen MR) is 46.0 cm³/mol. The minimum absolute atomic E-state index is 0.307. The Balaban J connectivity index is 2.87. The summed E-state index contributed by atoms with van der Waals surface area (Å²) in [4.78, 5) is 3.41. The first kappa shape index (κ1) is 10.8. The SMILES string of the molecule is CCC(Cl)c1csc(C(F)(F)F)n1. The van der Waals surface area contributed by atoms with Crippen molar-refractivity contribution in [3.63, 3.8) is 0 Å². The molecule has 0 aliphatic heterocycles. The smallest absolute Gasteiger partial charge is 0.236 e. The molecule has 0 fully saturated rings. The number of thiazole rings is 1. The third-order valence-corrected chi connectivity index (χ3v) is 2.88. The second-order valence-electron chi connectivity index (χ2n) is 2.45. The molecule has 0 aromatic carbocycles. The van der Waals surface area contributed by atoms with Crippen molar-refractivity contribution in [2.45, 2.75) is 24.9 Å². The molecule has 13 heavy (non-hydrogen) atoms. The minimum atomic E-state index is -4.35. The van der Waals surface area contributed by atoms with Crippen molar-refractivity contribution in [1.29, 1.82) is 0 Å². The Morgan fingerprint density at radius 2 is 2.23 bits per heavy atom. The van der Waals surface area contributed by atoms with Crippen LogP contribution in [0, 0.1) is 0 Å². The molecule has 74 valence electrons. The van der Waals surface area contributed by atoms with E-state index in [4.69, 9.17) is 11.6 Å². The lowest BCUT2D eigenvalue weighted by Crippen LogP contribution is -2.04. The van der Waals surface area contributed by atoms with Crippen molar-refractivity contribution in [1.82, 2.24) is 4.98 Å². The van der Waals surface area contributed by atoms with Crippen LogP contribution >= 0.6 is 22.9 Å². The van der Waals surface area contributed by atoms with E-state index in [2.05, 4.69) is 4.98 Å². The van der Waals surface area contributed by atoms with Crippen LogP contribution in [-0.4, -0.2) is 4.98 Å². The van der Waals surface area contributed by atoms with Crippen LogP contribution in [0.1, 0.15) is 29.4 Å². The Morgan fingerprint density at radius 3 is 2.62 bits per heavy atom. The number of hydrogen-bond donors (Lipinski definition) is 0. The molecule has 1 rings (SSSR count). The molecule has 0 radical (unpaired) electrons. The standard InChI is InChI=1S/C7H7ClF3NS/c1-2-4(8)5-3-13-6(12-5)7(9,10)11/h3-4H,2H2,1H3. The van der Waals surface area contributed by atoms with Gasteiger partial charge in [0, 0.05) is 5.38 Å². The van der Waals surface area contributed by atoms with E-state index in [1.807, 2.05) is 0 Å². The van der Waals surface area contributed by atoms with Crippen LogP contribution < -0.4 is 0 Å². The van der Waals surface area contributed by atoms with Gasteiger partial charge in [-0.3, -0.25) is 0 Å². The van der Waals surface area contributed by atoms with Gasteiger partial charge in [-0.05, 0) is 6.42 Å². The van der Waals surface area contributed by atoms with Gasteiger partial charge < -0.3 is 0 Å². The number of rotatable bonds is 2. The molecule has 0 aliphatic carbocycles. The van der Waals surface area contributed by atoms with Gasteiger partial charge in [0.15, 0.2) is 5.01 Å². The fourth-order valence-corrected chi connectivity index (χ4v) is 1.70. The van der Waals surface area contributed by atoms with E-state index in [1.54, 1.807) is 6.92 Å². The van der Waals surface area contributed by atoms with Crippen molar-refractivity contribution in [2.75, 3.05) is 0 Å². The topological polar surface area (TPSA) is 12.9 Å². The number of nitrogens with zero attached hydrogens (tertiary/aromatic N) is 1. The molecule has 0 bridgehead atoms. The Kier molecular flexibility index (Phi) is 3.18. The van der Waals surface area contributed by atoms with E-state index in [9.17, 15) is 13.2 Å².